The Morgan fingerprint density at radius 3 is 3.06 bits per heavy atom. The van der Waals surface area contributed by atoms with E-state index in [0.29, 0.717) is 18.8 Å². The van der Waals surface area contributed by atoms with Crippen LogP contribution in [0.4, 0.5) is 4.39 Å². The van der Waals surface area contributed by atoms with Gasteiger partial charge < -0.3 is 15.2 Å². The number of benzene rings is 1. The summed E-state index contributed by atoms with van der Waals surface area (Å²) in [4.78, 5) is 0. The summed E-state index contributed by atoms with van der Waals surface area (Å²) in [6, 6.07) is 4.38. The molecule has 0 aromatic heterocycles. The Balaban J connectivity index is 1.94. The predicted molar refractivity (Wildman–Crippen MR) is 61.4 cm³/mol. The maximum atomic E-state index is 13.2. The Bertz CT molecular complexity index is 429. The summed E-state index contributed by atoms with van der Waals surface area (Å²) in [7, 11) is 0. The van der Waals surface area contributed by atoms with Crippen molar-refractivity contribution in [3.63, 3.8) is 0 Å². The Labute approximate surface area is 99.7 Å². The average molecular weight is 237 g/mol. The summed E-state index contributed by atoms with van der Waals surface area (Å²) in [6.07, 6.45) is 2.64. The minimum atomic E-state index is -0.303. The number of ether oxygens (including phenoxy) is 2. The quantitative estimate of drug-likeness (QED) is 0.752. The van der Waals surface area contributed by atoms with Gasteiger partial charge in [-0.15, -0.1) is 0 Å². The van der Waals surface area contributed by atoms with Gasteiger partial charge in [0.05, 0.1) is 6.61 Å². The molecule has 1 fully saturated rings. The van der Waals surface area contributed by atoms with Crippen LogP contribution in [0.5, 0.6) is 5.75 Å². The maximum absolute atomic E-state index is 13.2. The summed E-state index contributed by atoms with van der Waals surface area (Å²) in [5.41, 5.74) is 6.58. The molecule has 4 heteroatoms. The van der Waals surface area contributed by atoms with Gasteiger partial charge in [0, 0.05) is 24.6 Å². The lowest BCUT2D eigenvalue weighted by Gasteiger charge is -2.43. The van der Waals surface area contributed by atoms with Gasteiger partial charge in [-0.25, -0.2) is 4.39 Å². The molecule has 0 aliphatic carbocycles. The Hall–Kier alpha value is -1.13. The zero-order valence-electron chi connectivity index (χ0n) is 9.62. The molecule has 3 rings (SSSR count). The first-order chi connectivity index (χ1) is 8.19. The van der Waals surface area contributed by atoms with Crippen molar-refractivity contribution in [1.29, 1.82) is 0 Å². The van der Waals surface area contributed by atoms with Crippen LogP contribution >= 0.6 is 0 Å². The van der Waals surface area contributed by atoms with Crippen LogP contribution in [0.15, 0.2) is 18.2 Å². The molecule has 2 atom stereocenters. The number of hydrogen-bond acceptors (Lipinski definition) is 3. The fourth-order valence-electron chi connectivity index (χ4n) is 2.76. The van der Waals surface area contributed by atoms with Gasteiger partial charge in [0.15, 0.2) is 0 Å². The summed E-state index contributed by atoms with van der Waals surface area (Å²) >= 11 is 0. The lowest BCUT2D eigenvalue weighted by atomic mass is 9.84. The van der Waals surface area contributed by atoms with Gasteiger partial charge in [0.25, 0.3) is 0 Å². The number of nitrogens with two attached hydrogens (primary N) is 1. The van der Waals surface area contributed by atoms with E-state index in [-0.39, 0.29) is 17.5 Å². The van der Waals surface area contributed by atoms with E-state index >= 15 is 0 Å². The van der Waals surface area contributed by atoms with Crippen LogP contribution in [0.3, 0.4) is 0 Å². The van der Waals surface area contributed by atoms with Gasteiger partial charge >= 0.3 is 0 Å². The van der Waals surface area contributed by atoms with Gasteiger partial charge in [-0.1, -0.05) is 0 Å². The number of fused-ring (bicyclic) bond motifs is 1. The first kappa shape index (κ1) is 11.0. The highest BCUT2D eigenvalue weighted by atomic mass is 19.1. The molecule has 3 nitrogen and oxygen atoms in total. The molecule has 2 heterocycles. The molecular formula is C13H16FNO2. The SMILES string of the molecule is N[C@@H]1CC2(CCCOC2)Oc2ccc(F)cc21. The topological polar surface area (TPSA) is 44.5 Å². The second-order valence-electron chi connectivity index (χ2n) is 4.93. The van der Waals surface area contributed by atoms with Crippen LogP contribution < -0.4 is 10.5 Å². The van der Waals surface area contributed by atoms with E-state index in [9.17, 15) is 4.39 Å². The fraction of sp³-hybridized carbons (Fsp3) is 0.538. The van der Waals surface area contributed by atoms with Crippen molar-refractivity contribution in [2.75, 3.05) is 13.2 Å². The summed E-state index contributed by atoms with van der Waals surface area (Å²) in [5.74, 6) is 0.439. The maximum Gasteiger partial charge on any atom is 0.134 e. The average Bonchev–Trinajstić information content (AvgIpc) is 2.31. The molecular weight excluding hydrogens is 221 g/mol. The standard InChI is InChI=1S/C13H16FNO2/c14-9-2-3-12-10(6-9)11(15)7-13(17-12)4-1-5-16-8-13/h2-3,6,11H,1,4-5,7-8,15H2/t11-,13?/m1/s1. The van der Waals surface area contributed by atoms with Gasteiger partial charge in [-0.3, -0.25) is 0 Å². The highest BCUT2D eigenvalue weighted by Crippen LogP contribution is 2.42. The molecule has 0 amide bonds. The molecule has 0 radical (unpaired) electrons. The Morgan fingerprint density at radius 2 is 2.29 bits per heavy atom. The van der Waals surface area contributed by atoms with Crippen molar-refractivity contribution in [2.24, 2.45) is 5.73 Å². The summed E-state index contributed by atoms with van der Waals surface area (Å²) < 4.78 is 24.7. The second-order valence-corrected chi connectivity index (χ2v) is 4.93. The third-order valence-electron chi connectivity index (χ3n) is 3.58. The lowest BCUT2D eigenvalue weighted by Crippen LogP contribution is -2.49. The number of hydrogen-bond donors (Lipinski definition) is 1. The van der Waals surface area contributed by atoms with E-state index in [1.165, 1.54) is 12.1 Å². The fourth-order valence-corrected chi connectivity index (χ4v) is 2.76. The second kappa shape index (κ2) is 3.96. The van der Waals surface area contributed by atoms with E-state index in [0.717, 1.165) is 25.0 Å². The van der Waals surface area contributed by atoms with Crippen molar-refractivity contribution >= 4 is 0 Å². The molecule has 17 heavy (non-hydrogen) atoms. The first-order valence-corrected chi connectivity index (χ1v) is 6.00. The molecule has 1 saturated heterocycles. The normalized spacial score (nSPS) is 32.0. The van der Waals surface area contributed by atoms with Crippen LogP contribution in [0.25, 0.3) is 0 Å². The van der Waals surface area contributed by atoms with Crippen molar-refractivity contribution in [3.8, 4) is 5.75 Å². The van der Waals surface area contributed by atoms with Crippen LogP contribution in [-0.4, -0.2) is 18.8 Å². The zero-order valence-corrected chi connectivity index (χ0v) is 9.62. The largest absolute Gasteiger partial charge is 0.484 e. The smallest absolute Gasteiger partial charge is 0.134 e. The third kappa shape index (κ3) is 1.91. The molecule has 2 aliphatic heterocycles. The van der Waals surface area contributed by atoms with Crippen molar-refractivity contribution in [3.05, 3.63) is 29.6 Å². The Morgan fingerprint density at radius 1 is 1.41 bits per heavy atom. The van der Waals surface area contributed by atoms with Crippen molar-refractivity contribution in [2.45, 2.75) is 30.9 Å². The van der Waals surface area contributed by atoms with Gasteiger partial charge in [-0.05, 0) is 31.0 Å². The lowest BCUT2D eigenvalue weighted by molar-refractivity contribution is -0.0833. The summed E-state index contributed by atoms with van der Waals surface area (Å²) in [5, 5.41) is 0. The van der Waals surface area contributed by atoms with Crippen molar-refractivity contribution < 1.29 is 13.9 Å². The van der Waals surface area contributed by atoms with E-state index in [4.69, 9.17) is 15.2 Å². The van der Waals surface area contributed by atoms with E-state index in [1.807, 2.05) is 0 Å². The van der Waals surface area contributed by atoms with Gasteiger partial charge in [0.1, 0.15) is 17.2 Å². The van der Waals surface area contributed by atoms with E-state index in [2.05, 4.69) is 0 Å². The zero-order chi connectivity index (χ0) is 11.9. The minimum absolute atomic E-state index is 0.170. The molecule has 1 unspecified atom stereocenters. The molecule has 0 bridgehead atoms. The third-order valence-corrected chi connectivity index (χ3v) is 3.58. The molecule has 1 aromatic rings. The van der Waals surface area contributed by atoms with Crippen LogP contribution in [0.1, 0.15) is 30.9 Å². The molecule has 1 aromatic carbocycles. The highest BCUT2D eigenvalue weighted by molar-refractivity contribution is 5.39. The molecule has 2 N–H and O–H groups in total. The van der Waals surface area contributed by atoms with Crippen LogP contribution in [0, 0.1) is 5.82 Å². The van der Waals surface area contributed by atoms with E-state index < -0.39 is 0 Å². The number of halogens is 1. The predicted octanol–water partition coefficient (Wildman–Crippen LogP) is 2.16. The Kier molecular flexibility index (Phi) is 2.56. The monoisotopic (exact) mass is 237 g/mol. The molecule has 2 aliphatic rings. The van der Waals surface area contributed by atoms with E-state index in [1.54, 1.807) is 6.07 Å². The minimum Gasteiger partial charge on any atom is -0.484 e. The van der Waals surface area contributed by atoms with Crippen molar-refractivity contribution in [1.82, 2.24) is 0 Å². The molecule has 92 valence electrons. The highest BCUT2D eigenvalue weighted by Gasteiger charge is 2.41. The van der Waals surface area contributed by atoms with Gasteiger partial charge in [0.2, 0.25) is 0 Å². The first-order valence-electron chi connectivity index (χ1n) is 6.00. The molecule has 1 spiro atoms. The van der Waals surface area contributed by atoms with Crippen LogP contribution in [0.2, 0.25) is 0 Å². The molecule has 0 saturated carbocycles. The summed E-state index contributed by atoms with van der Waals surface area (Å²) in [6.45, 7) is 1.37. The van der Waals surface area contributed by atoms with Crippen LogP contribution in [-0.2, 0) is 4.74 Å². The number of rotatable bonds is 0. The van der Waals surface area contributed by atoms with Gasteiger partial charge in [-0.2, -0.15) is 0 Å².